The Hall–Kier alpha value is -1.31. The summed E-state index contributed by atoms with van der Waals surface area (Å²) < 4.78 is 0. The molecule has 3 rings (SSSR count). The molecule has 1 aromatic rings. The number of hydrogen-bond acceptors (Lipinski definition) is 1. The Morgan fingerprint density at radius 2 is 2.15 bits per heavy atom. The van der Waals surface area contributed by atoms with Gasteiger partial charge in [-0.05, 0) is 24.5 Å². The van der Waals surface area contributed by atoms with Gasteiger partial charge in [0.2, 0.25) is 5.91 Å². The average Bonchev–Trinajstić information content (AvgIpc) is 2.66. The molecule has 66 valence electrons. The summed E-state index contributed by atoms with van der Waals surface area (Å²) >= 11 is 0. The highest BCUT2D eigenvalue weighted by molar-refractivity contribution is 5.98. The lowest BCUT2D eigenvalue weighted by Gasteiger charge is -2.15. The molecule has 2 heterocycles. The van der Waals surface area contributed by atoms with E-state index >= 15 is 0 Å². The Bertz CT molecular complexity index is 372. The second kappa shape index (κ2) is 2.34. The number of amides is 1. The van der Waals surface area contributed by atoms with Crippen molar-refractivity contribution in [2.45, 2.75) is 25.3 Å². The lowest BCUT2D eigenvalue weighted by Crippen LogP contribution is -2.28. The van der Waals surface area contributed by atoms with Crippen molar-refractivity contribution in [3.63, 3.8) is 0 Å². The SMILES string of the molecule is O=C1CC[C@@H]2Cc3ccccc3N12. The molecule has 1 aromatic carbocycles. The largest absolute Gasteiger partial charge is 0.309 e. The van der Waals surface area contributed by atoms with E-state index in [9.17, 15) is 4.79 Å². The standard InChI is InChI=1S/C11H11NO/c13-11-6-5-9-7-8-3-1-2-4-10(8)12(9)11/h1-4,9H,5-7H2/t9-/m1/s1. The van der Waals surface area contributed by atoms with E-state index in [1.807, 2.05) is 17.0 Å². The first-order chi connectivity index (χ1) is 6.36. The number of nitrogens with zero attached hydrogens (tertiary/aromatic N) is 1. The topological polar surface area (TPSA) is 20.3 Å². The number of fused-ring (bicyclic) bond motifs is 3. The zero-order valence-corrected chi connectivity index (χ0v) is 7.36. The summed E-state index contributed by atoms with van der Waals surface area (Å²) in [5.41, 5.74) is 2.48. The van der Waals surface area contributed by atoms with E-state index in [4.69, 9.17) is 0 Å². The Kier molecular flexibility index (Phi) is 1.29. The molecule has 1 amide bonds. The third-order valence-corrected chi connectivity index (χ3v) is 3.03. The minimum Gasteiger partial charge on any atom is -0.309 e. The summed E-state index contributed by atoms with van der Waals surface area (Å²) in [7, 11) is 0. The van der Waals surface area contributed by atoms with Crippen molar-refractivity contribution in [2.75, 3.05) is 4.90 Å². The molecule has 0 saturated carbocycles. The van der Waals surface area contributed by atoms with Crippen LogP contribution >= 0.6 is 0 Å². The van der Waals surface area contributed by atoms with Crippen molar-refractivity contribution < 1.29 is 4.79 Å². The van der Waals surface area contributed by atoms with Crippen LogP contribution in [0.4, 0.5) is 5.69 Å². The molecule has 2 aliphatic rings. The molecule has 0 bridgehead atoms. The molecule has 2 heteroatoms. The van der Waals surface area contributed by atoms with Crippen LogP contribution in [0.15, 0.2) is 24.3 Å². The van der Waals surface area contributed by atoms with Crippen LogP contribution in [0.25, 0.3) is 0 Å². The maximum absolute atomic E-state index is 11.5. The molecular formula is C11H11NO. The van der Waals surface area contributed by atoms with Crippen LogP contribution in [0, 0.1) is 0 Å². The highest BCUT2D eigenvalue weighted by Gasteiger charge is 2.38. The predicted molar refractivity (Wildman–Crippen MR) is 50.7 cm³/mol. The number of carbonyl (C=O) groups is 1. The van der Waals surface area contributed by atoms with Gasteiger partial charge in [0.05, 0.1) is 0 Å². The smallest absolute Gasteiger partial charge is 0.227 e. The van der Waals surface area contributed by atoms with Gasteiger partial charge in [0.25, 0.3) is 0 Å². The van der Waals surface area contributed by atoms with Gasteiger partial charge in [-0.2, -0.15) is 0 Å². The number of para-hydroxylation sites is 1. The van der Waals surface area contributed by atoms with Gasteiger partial charge in [0.15, 0.2) is 0 Å². The molecule has 0 N–H and O–H groups in total. The van der Waals surface area contributed by atoms with Crippen LogP contribution in [0.1, 0.15) is 18.4 Å². The van der Waals surface area contributed by atoms with E-state index in [-0.39, 0.29) is 0 Å². The predicted octanol–water partition coefficient (Wildman–Crippen LogP) is 1.74. The first kappa shape index (κ1) is 7.13. The average molecular weight is 173 g/mol. The minimum absolute atomic E-state index is 0.301. The van der Waals surface area contributed by atoms with E-state index in [1.165, 1.54) is 5.56 Å². The molecule has 0 radical (unpaired) electrons. The van der Waals surface area contributed by atoms with E-state index in [0.717, 1.165) is 24.9 Å². The van der Waals surface area contributed by atoms with Crippen molar-refractivity contribution in [2.24, 2.45) is 0 Å². The number of carbonyl (C=O) groups excluding carboxylic acids is 1. The van der Waals surface area contributed by atoms with Crippen molar-refractivity contribution >= 4 is 11.6 Å². The van der Waals surface area contributed by atoms with Gasteiger partial charge in [-0.15, -0.1) is 0 Å². The minimum atomic E-state index is 0.301. The van der Waals surface area contributed by atoms with Crippen LogP contribution < -0.4 is 4.90 Å². The number of rotatable bonds is 0. The van der Waals surface area contributed by atoms with Gasteiger partial charge in [-0.1, -0.05) is 18.2 Å². The second-order valence-electron chi connectivity index (χ2n) is 3.79. The Balaban J connectivity index is 2.13. The lowest BCUT2D eigenvalue weighted by atomic mass is 10.1. The van der Waals surface area contributed by atoms with Crippen LogP contribution in [-0.4, -0.2) is 11.9 Å². The molecule has 0 aromatic heterocycles. The maximum Gasteiger partial charge on any atom is 0.227 e. The monoisotopic (exact) mass is 173 g/mol. The Morgan fingerprint density at radius 3 is 3.08 bits per heavy atom. The molecule has 13 heavy (non-hydrogen) atoms. The quantitative estimate of drug-likeness (QED) is 0.585. The molecule has 0 aliphatic carbocycles. The van der Waals surface area contributed by atoms with Gasteiger partial charge in [-0.3, -0.25) is 4.79 Å². The van der Waals surface area contributed by atoms with Crippen molar-refractivity contribution in [1.82, 2.24) is 0 Å². The van der Waals surface area contributed by atoms with Gasteiger partial charge in [0.1, 0.15) is 0 Å². The van der Waals surface area contributed by atoms with E-state index in [1.54, 1.807) is 0 Å². The normalized spacial score (nSPS) is 24.8. The summed E-state index contributed by atoms with van der Waals surface area (Å²) in [6.45, 7) is 0. The fraction of sp³-hybridized carbons (Fsp3) is 0.364. The zero-order chi connectivity index (χ0) is 8.84. The van der Waals surface area contributed by atoms with Crippen LogP contribution in [-0.2, 0) is 11.2 Å². The maximum atomic E-state index is 11.5. The molecule has 0 spiro atoms. The van der Waals surface area contributed by atoms with Crippen molar-refractivity contribution in [3.8, 4) is 0 Å². The summed E-state index contributed by atoms with van der Waals surface area (Å²) in [6.07, 6.45) is 2.83. The summed E-state index contributed by atoms with van der Waals surface area (Å²) in [5, 5.41) is 0. The zero-order valence-electron chi connectivity index (χ0n) is 7.36. The first-order valence-corrected chi connectivity index (χ1v) is 4.76. The summed E-state index contributed by atoms with van der Waals surface area (Å²) in [6, 6.07) is 8.70. The fourth-order valence-electron chi connectivity index (χ4n) is 2.44. The van der Waals surface area contributed by atoms with Crippen LogP contribution in [0.5, 0.6) is 0 Å². The molecule has 1 saturated heterocycles. The van der Waals surface area contributed by atoms with Gasteiger partial charge in [-0.25, -0.2) is 0 Å². The fourth-order valence-corrected chi connectivity index (χ4v) is 2.44. The number of hydrogen-bond donors (Lipinski definition) is 0. The molecule has 1 atom stereocenters. The first-order valence-electron chi connectivity index (χ1n) is 4.76. The highest BCUT2D eigenvalue weighted by Crippen LogP contribution is 2.37. The molecule has 2 nitrogen and oxygen atoms in total. The van der Waals surface area contributed by atoms with Crippen LogP contribution in [0.2, 0.25) is 0 Å². The third kappa shape index (κ3) is 0.857. The van der Waals surface area contributed by atoms with E-state index in [2.05, 4.69) is 12.1 Å². The van der Waals surface area contributed by atoms with Gasteiger partial charge >= 0.3 is 0 Å². The van der Waals surface area contributed by atoms with Gasteiger partial charge < -0.3 is 4.90 Å². The highest BCUT2D eigenvalue weighted by atomic mass is 16.2. The van der Waals surface area contributed by atoms with Crippen molar-refractivity contribution in [1.29, 1.82) is 0 Å². The summed E-state index contributed by atoms with van der Waals surface area (Å²) in [4.78, 5) is 13.5. The number of anilines is 1. The third-order valence-electron chi connectivity index (χ3n) is 3.03. The number of benzene rings is 1. The Morgan fingerprint density at radius 1 is 1.31 bits per heavy atom. The van der Waals surface area contributed by atoms with Gasteiger partial charge in [0, 0.05) is 18.2 Å². The summed E-state index contributed by atoms with van der Waals surface area (Å²) in [5.74, 6) is 0.301. The Labute approximate surface area is 77.2 Å². The van der Waals surface area contributed by atoms with Crippen LogP contribution in [0.3, 0.4) is 0 Å². The van der Waals surface area contributed by atoms with E-state index < -0.39 is 0 Å². The molecular weight excluding hydrogens is 162 g/mol. The van der Waals surface area contributed by atoms with Crippen molar-refractivity contribution in [3.05, 3.63) is 29.8 Å². The molecule has 0 unspecified atom stereocenters. The molecule has 1 fully saturated rings. The molecule has 2 aliphatic heterocycles. The lowest BCUT2D eigenvalue weighted by molar-refractivity contribution is -0.117. The van der Waals surface area contributed by atoms with E-state index in [0.29, 0.717) is 11.9 Å². The second-order valence-corrected chi connectivity index (χ2v) is 3.79.